The molecule has 106 valence electrons. The normalized spacial score (nSPS) is 16.2. The van der Waals surface area contributed by atoms with E-state index in [9.17, 15) is 0 Å². The number of halogens is 1. The summed E-state index contributed by atoms with van der Waals surface area (Å²) in [6.07, 6.45) is 6.44. The van der Waals surface area contributed by atoms with Crippen LogP contribution in [0.4, 0.5) is 0 Å². The van der Waals surface area contributed by atoms with E-state index in [1.165, 1.54) is 18.4 Å². The number of nitrogens with one attached hydrogen (secondary N) is 1. The molecule has 3 rings (SSSR count). The van der Waals surface area contributed by atoms with Gasteiger partial charge in [-0.3, -0.25) is 0 Å². The van der Waals surface area contributed by atoms with Crippen molar-refractivity contribution in [3.63, 3.8) is 0 Å². The van der Waals surface area contributed by atoms with E-state index >= 15 is 0 Å². The van der Waals surface area contributed by atoms with Gasteiger partial charge in [0.05, 0.1) is 6.26 Å². The molecule has 1 aliphatic carbocycles. The van der Waals surface area contributed by atoms with Gasteiger partial charge in [-0.1, -0.05) is 23.7 Å². The van der Waals surface area contributed by atoms with Crippen molar-refractivity contribution >= 4 is 11.6 Å². The Balaban J connectivity index is 1.61. The van der Waals surface area contributed by atoms with Gasteiger partial charge in [0.2, 0.25) is 0 Å². The van der Waals surface area contributed by atoms with Gasteiger partial charge in [0, 0.05) is 17.5 Å². The number of hydrogen-bond acceptors (Lipinski definition) is 2. The lowest BCUT2D eigenvalue weighted by Gasteiger charge is -2.17. The molecule has 0 radical (unpaired) electrons. The van der Waals surface area contributed by atoms with Crippen LogP contribution in [0.2, 0.25) is 5.02 Å². The third-order valence-corrected chi connectivity index (χ3v) is 4.03. The molecule has 0 aliphatic heterocycles. The van der Waals surface area contributed by atoms with E-state index < -0.39 is 0 Å². The summed E-state index contributed by atoms with van der Waals surface area (Å²) in [6, 6.07) is 12.9. The zero-order chi connectivity index (χ0) is 13.8. The summed E-state index contributed by atoms with van der Waals surface area (Å²) < 4.78 is 5.49. The fourth-order valence-corrected chi connectivity index (χ4v) is 2.63. The molecule has 0 amide bonds. The van der Waals surface area contributed by atoms with E-state index in [0.29, 0.717) is 5.92 Å². The van der Waals surface area contributed by atoms with Crippen LogP contribution in [0.25, 0.3) is 0 Å². The van der Waals surface area contributed by atoms with Gasteiger partial charge in [-0.2, -0.15) is 0 Å². The second-order valence-corrected chi connectivity index (χ2v) is 6.10. The Morgan fingerprint density at radius 3 is 2.60 bits per heavy atom. The van der Waals surface area contributed by atoms with Crippen molar-refractivity contribution in [1.82, 2.24) is 5.32 Å². The average molecular weight is 290 g/mol. The van der Waals surface area contributed by atoms with E-state index in [1.807, 2.05) is 18.2 Å². The van der Waals surface area contributed by atoms with Gasteiger partial charge in [-0.05, 0) is 61.6 Å². The molecule has 1 saturated carbocycles. The van der Waals surface area contributed by atoms with Crippen molar-refractivity contribution in [1.29, 1.82) is 0 Å². The Morgan fingerprint density at radius 2 is 1.95 bits per heavy atom. The van der Waals surface area contributed by atoms with Gasteiger partial charge in [0.25, 0.3) is 0 Å². The first kappa shape index (κ1) is 13.7. The average Bonchev–Trinajstić information content (AvgIpc) is 3.15. The van der Waals surface area contributed by atoms with Crippen LogP contribution in [0.5, 0.6) is 0 Å². The third-order valence-electron chi connectivity index (χ3n) is 3.78. The lowest BCUT2D eigenvalue weighted by molar-refractivity contribution is 0.414. The van der Waals surface area contributed by atoms with Crippen molar-refractivity contribution in [3.05, 3.63) is 59.0 Å². The fraction of sp³-hybridized carbons (Fsp3) is 0.412. The quantitative estimate of drug-likeness (QED) is 0.830. The largest absolute Gasteiger partial charge is 0.469 e. The molecule has 2 aromatic rings. The van der Waals surface area contributed by atoms with Crippen LogP contribution >= 0.6 is 11.6 Å². The Labute approximate surface area is 125 Å². The highest BCUT2D eigenvalue weighted by Gasteiger charge is 2.22. The van der Waals surface area contributed by atoms with Gasteiger partial charge in [0.1, 0.15) is 5.76 Å². The number of hydrogen-bond donors (Lipinski definition) is 1. The highest BCUT2D eigenvalue weighted by Crippen LogP contribution is 2.21. The molecular formula is C17H20ClNO. The first-order chi connectivity index (χ1) is 9.79. The van der Waals surface area contributed by atoms with Gasteiger partial charge < -0.3 is 9.73 Å². The molecule has 1 fully saturated rings. The molecule has 1 aliphatic rings. The van der Waals surface area contributed by atoms with Crippen LogP contribution < -0.4 is 5.32 Å². The molecule has 2 nitrogen and oxygen atoms in total. The Hall–Kier alpha value is -1.25. The zero-order valence-corrected chi connectivity index (χ0v) is 12.3. The monoisotopic (exact) mass is 289 g/mol. The van der Waals surface area contributed by atoms with Crippen LogP contribution in [0, 0.1) is 5.92 Å². The highest BCUT2D eigenvalue weighted by molar-refractivity contribution is 6.30. The second-order valence-electron chi connectivity index (χ2n) is 5.66. The molecule has 0 saturated heterocycles. The molecule has 20 heavy (non-hydrogen) atoms. The molecule has 0 spiro atoms. The lowest BCUT2D eigenvalue weighted by Crippen LogP contribution is -2.27. The van der Waals surface area contributed by atoms with E-state index in [2.05, 4.69) is 23.5 Å². The van der Waals surface area contributed by atoms with Crippen LogP contribution in [0.1, 0.15) is 24.2 Å². The highest BCUT2D eigenvalue weighted by atomic mass is 35.5. The van der Waals surface area contributed by atoms with Gasteiger partial charge in [-0.25, -0.2) is 0 Å². The third kappa shape index (κ3) is 4.12. The molecule has 1 aromatic carbocycles. The van der Waals surface area contributed by atoms with Gasteiger partial charge in [0.15, 0.2) is 0 Å². The summed E-state index contributed by atoms with van der Waals surface area (Å²) in [7, 11) is 0. The summed E-state index contributed by atoms with van der Waals surface area (Å²) in [5.41, 5.74) is 1.34. The predicted octanol–water partition coefficient (Wildman–Crippen LogP) is 4.09. The van der Waals surface area contributed by atoms with Crippen molar-refractivity contribution in [2.45, 2.75) is 31.7 Å². The lowest BCUT2D eigenvalue weighted by atomic mass is 9.95. The van der Waals surface area contributed by atoms with Crippen molar-refractivity contribution < 1.29 is 4.42 Å². The maximum Gasteiger partial charge on any atom is 0.104 e. The number of rotatable bonds is 7. The van der Waals surface area contributed by atoms with E-state index in [4.69, 9.17) is 16.0 Å². The molecule has 1 atom stereocenters. The smallest absolute Gasteiger partial charge is 0.104 e. The molecule has 1 heterocycles. The summed E-state index contributed by atoms with van der Waals surface area (Å²) in [5, 5.41) is 4.43. The minimum absolute atomic E-state index is 0.558. The van der Waals surface area contributed by atoms with Gasteiger partial charge in [-0.15, -0.1) is 0 Å². The topological polar surface area (TPSA) is 25.2 Å². The van der Waals surface area contributed by atoms with Crippen molar-refractivity contribution in [2.24, 2.45) is 5.92 Å². The zero-order valence-electron chi connectivity index (χ0n) is 11.5. The molecule has 1 N–H and O–H groups in total. The summed E-state index contributed by atoms with van der Waals surface area (Å²) in [5.74, 6) is 1.63. The summed E-state index contributed by atoms with van der Waals surface area (Å²) in [6.45, 7) is 1.05. The van der Waals surface area contributed by atoms with Crippen LogP contribution in [0.15, 0.2) is 47.1 Å². The van der Waals surface area contributed by atoms with Crippen LogP contribution in [0.3, 0.4) is 0 Å². The van der Waals surface area contributed by atoms with Crippen LogP contribution in [-0.4, -0.2) is 12.6 Å². The second kappa shape index (κ2) is 6.47. The van der Waals surface area contributed by atoms with E-state index in [-0.39, 0.29) is 0 Å². The Kier molecular flexibility index (Phi) is 4.44. The molecule has 0 bridgehead atoms. The first-order valence-electron chi connectivity index (χ1n) is 7.30. The van der Waals surface area contributed by atoms with Gasteiger partial charge >= 0.3 is 0 Å². The Morgan fingerprint density at radius 1 is 1.15 bits per heavy atom. The minimum Gasteiger partial charge on any atom is -0.469 e. The molecule has 1 aromatic heterocycles. The molecule has 1 unspecified atom stereocenters. The summed E-state index contributed by atoms with van der Waals surface area (Å²) >= 11 is 5.95. The SMILES string of the molecule is Clc1ccc(CC(CNC2CC2)Cc2ccco2)cc1. The predicted molar refractivity (Wildman–Crippen MR) is 82.1 cm³/mol. The fourth-order valence-electron chi connectivity index (χ4n) is 2.50. The minimum atomic E-state index is 0.558. The number of benzene rings is 1. The molecular weight excluding hydrogens is 270 g/mol. The van der Waals surface area contributed by atoms with Crippen LogP contribution in [-0.2, 0) is 12.8 Å². The van der Waals surface area contributed by atoms with Crippen molar-refractivity contribution in [2.75, 3.05) is 6.54 Å². The Bertz CT molecular complexity index is 516. The standard InChI is InChI=1S/C17H20ClNO/c18-15-5-3-13(4-6-15)10-14(12-19-16-7-8-16)11-17-2-1-9-20-17/h1-6,9,14,16,19H,7-8,10-12H2. The maximum absolute atomic E-state index is 5.95. The summed E-state index contributed by atoms with van der Waals surface area (Å²) in [4.78, 5) is 0. The molecule has 3 heteroatoms. The van der Waals surface area contributed by atoms with E-state index in [0.717, 1.165) is 36.2 Å². The number of furan rings is 1. The van der Waals surface area contributed by atoms with E-state index in [1.54, 1.807) is 6.26 Å². The first-order valence-corrected chi connectivity index (χ1v) is 7.67. The van der Waals surface area contributed by atoms with Crippen molar-refractivity contribution in [3.8, 4) is 0 Å². The maximum atomic E-state index is 5.95.